The van der Waals surface area contributed by atoms with Crippen molar-refractivity contribution in [3.63, 3.8) is 0 Å². The van der Waals surface area contributed by atoms with Gasteiger partial charge < -0.3 is 15.0 Å². The highest BCUT2D eigenvalue weighted by atomic mass is 32.1. The molecule has 2 heterocycles. The standard InChI is InChI=1S/C14H25N3OS/c1-11(2)15-9-13-12(10-18-3)16-14(19-13)17-7-5-4-6-8-17/h11,15H,4-10H2,1-3H3. The Morgan fingerprint density at radius 3 is 2.68 bits per heavy atom. The van der Waals surface area contributed by atoms with Crippen LogP contribution in [0.3, 0.4) is 0 Å². The monoisotopic (exact) mass is 283 g/mol. The van der Waals surface area contributed by atoms with E-state index in [-0.39, 0.29) is 0 Å². The van der Waals surface area contributed by atoms with Crippen molar-refractivity contribution >= 4 is 16.5 Å². The summed E-state index contributed by atoms with van der Waals surface area (Å²) in [5.74, 6) is 0. The van der Waals surface area contributed by atoms with Crippen molar-refractivity contribution in [3.8, 4) is 0 Å². The molecule has 0 unspecified atom stereocenters. The van der Waals surface area contributed by atoms with E-state index >= 15 is 0 Å². The molecule has 0 saturated carbocycles. The van der Waals surface area contributed by atoms with E-state index in [1.807, 2.05) is 11.3 Å². The summed E-state index contributed by atoms with van der Waals surface area (Å²) in [7, 11) is 1.74. The second-order valence-corrected chi connectivity index (χ2v) is 6.44. The summed E-state index contributed by atoms with van der Waals surface area (Å²) in [4.78, 5) is 8.52. The first-order valence-corrected chi connectivity index (χ1v) is 7.98. The Bertz CT molecular complexity index is 386. The second kappa shape index (κ2) is 7.22. The normalized spacial score (nSPS) is 16.3. The third kappa shape index (κ3) is 4.16. The number of hydrogen-bond acceptors (Lipinski definition) is 5. The lowest BCUT2D eigenvalue weighted by Gasteiger charge is -2.25. The molecule has 0 amide bonds. The topological polar surface area (TPSA) is 37.4 Å². The second-order valence-electron chi connectivity index (χ2n) is 5.38. The van der Waals surface area contributed by atoms with Crippen LogP contribution in [-0.4, -0.2) is 31.2 Å². The van der Waals surface area contributed by atoms with Crippen LogP contribution in [0.5, 0.6) is 0 Å². The van der Waals surface area contributed by atoms with Crippen LogP contribution < -0.4 is 10.2 Å². The van der Waals surface area contributed by atoms with E-state index in [4.69, 9.17) is 9.72 Å². The van der Waals surface area contributed by atoms with Gasteiger partial charge in [-0.3, -0.25) is 0 Å². The minimum atomic E-state index is 0.496. The molecule has 1 N–H and O–H groups in total. The zero-order valence-corrected chi connectivity index (χ0v) is 13.1. The number of nitrogens with zero attached hydrogens (tertiary/aromatic N) is 2. The summed E-state index contributed by atoms with van der Waals surface area (Å²) in [6.45, 7) is 8.14. The first-order valence-electron chi connectivity index (χ1n) is 7.16. The van der Waals surface area contributed by atoms with Crippen LogP contribution in [0.4, 0.5) is 5.13 Å². The average molecular weight is 283 g/mol. The van der Waals surface area contributed by atoms with Crippen LogP contribution in [-0.2, 0) is 17.9 Å². The Morgan fingerprint density at radius 2 is 2.05 bits per heavy atom. The van der Waals surface area contributed by atoms with Crippen molar-refractivity contribution in [2.24, 2.45) is 0 Å². The fourth-order valence-electron chi connectivity index (χ4n) is 2.27. The Labute approximate surface area is 120 Å². The summed E-state index contributed by atoms with van der Waals surface area (Å²) in [6.07, 6.45) is 3.94. The van der Waals surface area contributed by atoms with E-state index in [0.29, 0.717) is 12.6 Å². The van der Waals surface area contributed by atoms with Gasteiger partial charge in [0.1, 0.15) is 0 Å². The van der Waals surface area contributed by atoms with Crippen LogP contribution in [0, 0.1) is 0 Å². The van der Waals surface area contributed by atoms with Gasteiger partial charge in [0.05, 0.1) is 12.3 Å². The zero-order valence-electron chi connectivity index (χ0n) is 12.2. The number of thiazole rings is 1. The van der Waals surface area contributed by atoms with Gasteiger partial charge in [0.2, 0.25) is 0 Å². The van der Waals surface area contributed by atoms with Gasteiger partial charge in [-0.05, 0) is 19.3 Å². The van der Waals surface area contributed by atoms with E-state index in [1.54, 1.807) is 7.11 Å². The molecule has 19 heavy (non-hydrogen) atoms. The van der Waals surface area contributed by atoms with Crippen LogP contribution >= 0.6 is 11.3 Å². The highest BCUT2D eigenvalue weighted by Crippen LogP contribution is 2.29. The molecule has 0 radical (unpaired) electrons. The van der Waals surface area contributed by atoms with Gasteiger partial charge in [-0.15, -0.1) is 11.3 Å². The summed E-state index contributed by atoms with van der Waals surface area (Å²) < 4.78 is 5.27. The highest BCUT2D eigenvalue weighted by Gasteiger charge is 2.18. The number of piperidine rings is 1. The number of hydrogen-bond donors (Lipinski definition) is 1. The SMILES string of the molecule is COCc1nc(N2CCCCC2)sc1CNC(C)C. The molecule has 0 aromatic carbocycles. The van der Waals surface area contributed by atoms with E-state index < -0.39 is 0 Å². The maximum Gasteiger partial charge on any atom is 0.185 e. The minimum absolute atomic E-state index is 0.496. The van der Waals surface area contributed by atoms with Gasteiger partial charge in [-0.2, -0.15) is 0 Å². The molecule has 108 valence electrons. The molecular weight excluding hydrogens is 258 g/mol. The lowest BCUT2D eigenvalue weighted by molar-refractivity contribution is 0.181. The molecule has 0 spiro atoms. The maximum absolute atomic E-state index is 5.27. The van der Waals surface area contributed by atoms with Gasteiger partial charge >= 0.3 is 0 Å². The van der Waals surface area contributed by atoms with Crippen molar-refractivity contribution in [1.29, 1.82) is 0 Å². The lowest BCUT2D eigenvalue weighted by Crippen LogP contribution is -2.29. The molecule has 1 aliphatic rings. The molecule has 1 aliphatic heterocycles. The van der Waals surface area contributed by atoms with E-state index in [9.17, 15) is 0 Å². The van der Waals surface area contributed by atoms with Gasteiger partial charge in [0.25, 0.3) is 0 Å². The molecule has 1 fully saturated rings. The predicted octanol–water partition coefficient (Wildman–Crippen LogP) is 2.78. The maximum atomic E-state index is 5.27. The third-order valence-electron chi connectivity index (χ3n) is 3.35. The highest BCUT2D eigenvalue weighted by molar-refractivity contribution is 7.15. The number of ether oxygens (including phenoxy) is 1. The first kappa shape index (κ1) is 14.8. The Balaban J connectivity index is 2.08. The first-order chi connectivity index (χ1) is 9.20. The van der Waals surface area contributed by atoms with Crippen molar-refractivity contribution < 1.29 is 4.74 Å². The van der Waals surface area contributed by atoms with Gasteiger partial charge in [-0.25, -0.2) is 4.98 Å². The van der Waals surface area contributed by atoms with Crippen molar-refractivity contribution in [2.75, 3.05) is 25.1 Å². The summed E-state index contributed by atoms with van der Waals surface area (Å²) >= 11 is 1.82. The van der Waals surface area contributed by atoms with Gasteiger partial charge in [0.15, 0.2) is 5.13 Å². The third-order valence-corrected chi connectivity index (χ3v) is 4.50. The number of rotatable bonds is 6. The minimum Gasteiger partial charge on any atom is -0.378 e. The fourth-order valence-corrected chi connectivity index (χ4v) is 3.34. The van der Waals surface area contributed by atoms with E-state index in [0.717, 1.165) is 25.3 Å². The van der Waals surface area contributed by atoms with Crippen molar-refractivity contribution in [3.05, 3.63) is 10.6 Å². The summed E-state index contributed by atoms with van der Waals surface area (Å²) in [6, 6.07) is 0.496. The number of anilines is 1. The molecule has 0 aliphatic carbocycles. The fraction of sp³-hybridized carbons (Fsp3) is 0.786. The zero-order chi connectivity index (χ0) is 13.7. The number of methoxy groups -OCH3 is 1. The summed E-state index contributed by atoms with van der Waals surface area (Å²) in [5, 5.41) is 4.65. The molecule has 1 saturated heterocycles. The Morgan fingerprint density at radius 1 is 1.32 bits per heavy atom. The Kier molecular flexibility index (Phi) is 5.60. The van der Waals surface area contributed by atoms with Crippen LogP contribution in [0.2, 0.25) is 0 Å². The molecular formula is C14H25N3OS. The van der Waals surface area contributed by atoms with Crippen molar-refractivity contribution in [2.45, 2.75) is 52.3 Å². The smallest absolute Gasteiger partial charge is 0.185 e. The largest absolute Gasteiger partial charge is 0.378 e. The lowest BCUT2D eigenvalue weighted by atomic mass is 10.1. The molecule has 0 atom stereocenters. The molecule has 5 heteroatoms. The predicted molar refractivity (Wildman–Crippen MR) is 80.9 cm³/mol. The molecule has 2 rings (SSSR count). The van der Waals surface area contributed by atoms with E-state index in [2.05, 4.69) is 24.1 Å². The molecule has 4 nitrogen and oxygen atoms in total. The average Bonchev–Trinajstić information content (AvgIpc) is 2.81. The van der Waals surface area contributed by atoms with Gasteiger partial charge in [0, 0.05) is 37.7 Å². The van der Waals surface area contributed by atoms with Gasteiger partial charge in [-0.1, -0.05) is 13.8 Å². The molecule has 1 aromatic rings. The van der Waals surface area contributed by atoms with Crippen LogP contribution in [0.15, 0.2) is 0 Å². The molecule has 0 bridgehead atoms. The molecule has 1 aromatic heterocycles. The quantitative estimate of drug-likeness (QED) is 0.871. The van der Waals surface area contributed by atoms with Crippen LogP contribution in [0.25, 0.3) is 0 Å². The Hall–Kier alpha value is -0.650. The van der Waals surface area contributed by atoms with E-state index in [1.165, 1.54) is 29.3 Å². The van der Waals surface area contributed by atoms with Crippen LogP contribution in [0.1, 0.15) is 43.7 Å². The number of nitrogens with one attached hydrogen (secondary N) is 1. The summed E-state index contributed by atoms with van der Waals surface area (Å²) in [5.41, 5.74) is 1.10. The number of aromatic nitrogens is 1. The van der Waals surface area contributed by atoms with Crippen molar-refractivity contribution in [1.82, 2.24) is 10.3 Å².